The lowest BCUT2D eigenvalue weighted by atomic mass is 10.2. The summed E-state index contributed by atoms with van der Waals surface area (Å²) in [6, 6.07) is 1.22. The molecule has 0 spiro atoms. The van der Waals surface area contributed by atoms with Crippen LogP contribution in [0.2, 0.25) is 5.02 Å². The van der Waals surface area contributed by atoms with Crippen LogP contribution in [0.25, 0.3) is 5.82 Å². The number of carbonyl (C=O) groups is 1. The van der Waals surface area contributed by atoms with Crippen LogP contribution in [-0.4, -0.2) is 30.8 Å². The lowest BCUT2D eigenvalue weighted by molar-refractivity contribution is -0.386. The molecule has 8 nitrogen and oxygen atoms in total. The Morgan fingerprint density at radius 1 is 1.50 bits per heavy atom. The Labute approximate surface area is 117 Å². The SMILES string of the molecule is Cc1nn(-c2cc(C(=O)O)c(Cl)cn2)c(C)c1[N+](=O)[O-]. The Bertz CT molecular complexity index is 725. The van der Waals surface area contributed by atoms with E-state index in [9.17, 15) is 14.9 Å². The summed E-state index contributed by atoms with van der Waals surface area (Å²) in [5, 5.41) is 23.9. The Kier molecular flexibility index (Phi) is 3.41. The number of hydrogen-bond donors (Lipinski definition) is 1. The summed E-state index contributed by atoms with van der Waals surface area (Å²) in [6.45, 7) is 3.00. The van der Waals surface area contributed by atoms with Crippen molar-refractivity contribution in [3.63, 3.8) is 0 Å². The van der Waals surface area contributed by atoms with Crippen LogP contribution in [0.3, 0.4) is 0 Å². The van der Waals surface area contributed by atoms with Gasteiger partial charge in [-0.1, -0.05) is 11.6 Å². The van der Waals surface area contributed by atoms with Gasteiger partial charge in [0.1, 0.15) is 11.4 Å². The van der Waals surface area contributed by atoms with Crippen LogP contribution in [0, 0.1) is 24.0 Å². The standard InChI is InChI=1S/C11H9ClN4O4/c1-5-10(16(19)20)6(2)15(14-5)9-3-7(11(17)18)8(12)4-13-9/h3-4H,1-2H3,(H,17,18). The average Bonchev–Trinajstić information content (AvgIpc) is 2.65. The van der Waals surface area contributed by atoms with Crippen LogP contribution in [0.4, 0.5) is 5.69 Å². The average molecular weight is 297 g/mol. The van der Waals surface area contributed by atoms with Gasteiger partial charge in [-0.2, -0.15) is 5.10 Å². The maximum Gasteiger partial charge on any atom is 0.337 e. The Morgan fingerprint density at radius 3 is 2.65 bits per heavy atom. The van der Waals surface area contributed by atoms with Crippen molar-refractivity contribution < 1.29 is 14.8 Å². The first-order chi connectivity index (χ1) is 9.32. The van der Waals surface area contributed by atoms with E-state index in [1.54, 1.807) is 0 Å². The van der Waals surface area contributed by atoms with Crippen LogP contribution in [0.5, 0.6) is 0 Å². The third-order valence-electron chi connectivity index (χ3n) is 2.72. The second-order valence-electron chi connectivity index (χ2n) is 4.02. The van der Waals surface area contributed by atoms with Crippen LogP contribution in [-0.2, 0) is 0 Å². The first-order valence-electron chi connectivity index (χ1n) is 5.42. The smallest absolute Gasteiger partial charge is 0.337 e. The molecule has 0 unspecified atom stereocenters. The van der Waals surface area contributed by atoms with Crippen LogP contribution in [0.15, 0.2) is 12.3 Å². The fourth-order valence-corrected chi connectivity index (χ4v) is 2.01. The second kappa shape index (κ2) is 4.89. The van der Waals surface area contributed by atoms with Crippen molar-refractivity contribution in [3.05, 3.63) is 44.4 Å². The van der Waals surface area contributed by atoms with E-state index < -0.39 is 10.9 Å². The zero-order chi connectivity index (χ0) is 15.0. The van der Waals surface area contributed by atoms with Gasteiger partial charge in [0.15, 0.2) is 5.82 Å². The maximum absolute atomic E-state index is 11.0. The number of rotatable bonds is 3. The maximum atomic E-state index is 11.0. The summed E-state index contributed by atoms with van der Waals surface area (Å²) >= 11 is 5.72. The molecular weight excluding hydrogens is 288 g/mol. The van der Waals surface area contributed by atoms with E-state index in [0.29, 0.717) is 0 Å². The van der Waals surface area contributed by atoms with Gasteiger partial charge in [-0.3, -0.25) is 10.1 Å². The van der Waals surface area contributed by atoms with Crippen molar-refractivity contribution in [2.75, 3.05) is 0 Å². The lowest BCUT2D eigenvalue weighted by Gasteiger charge is -2.04. The van der Waals surface area contributed by atoms with Gasteiger partial charge in [0.05, 0.1) is 15.5 Å². The van der Waals surface area contributed by atoms with Gasteiger partial charge in [0.25, 0.3) is 0 Å². The van der Waals surface area contributed by atoms with Crippen LogP contribution in [0.1, 0.15) is 21.7 Å². The molecule has 104 valence electrons. The lowest BCUT2D eigenvalue weighted by Crippen LogP contribution is -2.06. The van der Waals surface area contributed by atoms with E-state index in [-0.39, 0.29) is 33.5 Å². The zero-order valence-corrected chi connectivity index (χ0v) is 11.2. The van der Waals surface area contributed by atoms with Gasteiger partial charge >= 0.3 is 11.7 Å². The molecular formula is C11H9ClN4O4. The molecule has 0 saturated carbocycles. The number of nitrogens with zero attached hydrogens (tertiary/aromatic N) is 4. The van der Waals surface area contributed by atoms with Gasteiger partial charge in [-0.15, -0.1) is 0 Å². The Morgan fingerprint density at radius 2 is 2.15 bits per heavy atom. The van der Waals surface area contributed by atoms with Crippen LogP contribution >= 0.6 is 11.6 Å². The summed E-state index contributed by atoms with van der Waals surface area (Å²) < 4.78 is 1.22. The molecule has 0 aliphatic carbocycles. The minimum Gasteiger partial charge on any atom is -0.478 e. The summed E-state index contributed by atoms with van der Waals surface area (Å²) in [6.07, 6.45) is 1.17. The summed E-state index contributed by atoms with van der Waals surface area (Å²) in [4.78, 5) is 25.4. The molecule has 0 radical (unpaired) electrons. The van der Waals surface area contributed by atoms with Crippen molar-refractivity contribution in [3.8, 4) is 5.82 Å². The molecule has 2 heterocycles. The molecule has 2 aromatic heterocycles. The van der Waals surface area contributed by atoms with E-state index in [1.165, 1.54) is 30.8 Å². The van der Waals surface area contributed by atoms with Gasteiger partial charge < -0.3 is 5.11 Å². The van der Waals surface area contributed by atoms with Crippen molar-refractivity contribution in [2.45, 2.75) is 13.8 Å². The van der Waals surface area contributed by atoms with Crippen molar-refractivity contribution in [1.29, 1.82) is 0 Å². The summed E-state index contributed by atoms with van der Waals surface area (Å²) in [7, 11) is 0. The number of aryl methyl sites for hydroxylation is 1. The normalized spacial score (nSPS) is 10.6. The molecule has 9 heteroatoms. The molecule has 0 aliphatic heterocycles. The van der Waals surface area contributed by atoms with Crippen LogP contribution < -0.4 is 0 Å². The second-order valence-corrected chi connectivity index (χ2v) is 4.42. The van der Waals surface area contributed by atoms with Crippen molar-refractivity contribution >= 4 is 23.3 Å². The Hall–Kier alpha value is -2.48. The number of pyridine rings is 1. The highest BCUT2D eigenvalue weighted by Gasteiger charge is 2.23. The molecule has 0 amide bonds. The number of nitro groups is 1. The molecule has 0 fully saturated rings. The molecule has 0 atom stereocenters. The number of aromatic carboxylic acids is 1. The summed E-state index contributed by atoms with van der Waals surface area (Å²) in [5.74, 6) is -1.06. The molecule has 20 heavy (non-hydrogen) atoms. The monoisotopic (exact) mass is 296 g/mol. The summed E-state index contributed by atoms with van der Waals surface area (Å²) in [5.41, 5.74) is 0.213. The van der Waals surface area contributed by atoms with E-state index >= 15 is 0 Å². The number of halogens is 1. The molecule has 2 aromatic rings. The van der Waals surface area contributed by atoms with E-state index in [1.807, 2.05) is 0 Å². The first-order valence-corrected chi connectivity index (χ1v) is 5.80. The van der Waals surface area contributed by atoms with Gasteiger partial charge in [0, 0.05) is 6.20 Å². The highest BCUT2D eigenvalue weighted by Crippen LogP contribution is 2.25. The van der Waals surface area contributed by atoms with Crippen molar-refractivity contribution in [2.24, 2.45) is 0 Å². The largest absolute Gasteiger partial charge is 0.478 e. The van der Waals surface area contributed by atoms with Gasteiger partial charge in [-0.05, 0) is 19.9 Å². The molecule has 0 saturated heterocycles. The quantitative estimate of drug-likeness (QED) is 0.686. The number of carboxylic acid groups (broad SMARTS) is 1. The number of carboxylic acids is 1. The molecule has 1 N–H and O–H groups in total. The predicted octanol–water partition coefficient (Wildman–Crippen LogP) is 2.14. The molecule has 0 aliphatic rings. The van der Waals surface area contributed by atoms with E-state index in [0.717, 1.165) is 0 Å². The highest BCUT2D eigenvalue weighted by atomic mass is 35.5. The molecule has 2 rings (SSSR count). The van der Waals surface area contributed by atoms with Crippen molar-refractivity contribution in [1.82, 2.24) is 14.8 Å². The minimum atomic E-state index is -1.21. The van der Waals surface area contributed by atoms with Gasteiger partial charge in [0.2, 0.25) is 0 Å². The predicted molar refractivity (Wildman–Crippen MR) is 69.5 cm³/mol. The minimum absolute atomic E-state index is 0.0164. The van der Waals surface area contributed by atoms with Gasteiger partial charge in [-0.25, -0.2) is 14.5 Å². The van der Waals surface area contributed by atoms with E-state index in [4.69, 9.17) is 16.7 Å². The third kappa shape index (κ3) is 2.21. The fraction of sp³-hybridized carbons (Fsp3) is 0.182. The topological polar surface area (TPSA) is 111 Å². The number of hydrogen-bond acceptors (Lipinski definition) is 5. The Balaban J connectivity index is 2.64. The fourth-order valence-electron chi connectivity index (χ4n) is 1.83. The van der Waals surface area contributed by atoms with E-state index in [2.05, 4.69) is 10.1 Å². The number of aromatic nitrogens is 3. The molecule has 0 bridgehead atoms. The molecule has 0 aromatic carbocycles. The third-order valence-corrected chi connectivity index (χ3v) is 3.03. The zero-order valence-electron chi connectivity index (χ0n) is 10.5. The first kappa shape index (κ1) is 13.9. The highest BCUT2D eigenvalue weighted by molar-refractivity contribution is 6.33.